The second-order valence-corrected chi connectivity index (χ2v) is 8.44. The smallest absolute Gasteiger partial charge is 0.266 e. The molecule has 0 aromatic carbocycles. The van der Waals surface area contributed by atoms with Crippen LogP contribution in [0.5, 0.6) is 0 Å². The number of thiophene rings is 1. The lowest BCUT2D eigenvalue weighted by atomic mass is 10.1. The molecule has 0 unspecified atom stereocenters. The highest BCUT2D eigenvalue weighted by molar-refractivity contribution is 7.21. The molecule has 2 fully saturated rings. The summed E-state index contributed by atoms with van der Waals surface area (Å²) in [4.78, 5) is 33.8. The fraction of sp³-hybridized carbons (Fsp3) is 0.550. The normalized spacial score (nSPS) is 18.2. The monoisotopic (exact) mass is 387 g/mol. The number of pyridine rings is 1. The molecule has 1 N–H and O–H groups in total. The number of hydrogen-bond donors (Lipinski definition) is 1. The predicted octanol–water partition coefficient (Wildman–Crippen LogP) is 3.51. The van der Waals surface area contributed by atoms with Crippen molar-refractivity contribution in [3.05, 3.63) is 22.2 Å². The summed E-state index contributed by atoms with van der Waals surface area (Å²) in [6, 6.07) is 2.00. The van der Waals surface area contributed by atoms with Crippen molar-refractivity contribution >= 4 is 39.1 Å². The van der Waals surface area contributed by atoms with Crippen molar-refractivity contribution in [1.82, 2.24) is 9.88 Å². The molecule has 6 nitrogen and oxygen atoms in total. The topological polar surface area (TPSA) is 71.5 Å². The minimum atomic E-state index is -0.0416. The van der Waals surface area contributed by atoms with Crippen LogP contribution < -0.4 is 5.32 Å². The molecule has 1 saturated heterocycles. The van der Waals surface area contributed by atoms with Crippen LogP contribution in [0.2, 0.25) is 0 Å². The first kappa shape index (κ1) is 18.4. The van der Waals surface area contributed by atoms with Gasteiger partial charge in [-0.1, -0.05) is 12.8 Å². The molecule has 27 heavy (non-hydrogen) atoms. The number of nitrogens with zero attached hydrogens (tertiary/aromatic N) is 2. The molecule has 2 aliphatic rings. The van der Waals surface area contributed by atoms with E-state index in [9.17, 15) is 9.59 Å². The van der Waals surface area contributed by atoms with Crippen LogP contribution in [-0.2, 0) is 9.53 Å². The molecule has 1 saturated carbocycles. The molecule has 7 heteroatoms. The van der Waals surface area contributed by atoms with Gasteiger partial charge in [-0.15, -0.1) is 11.3 Å². The maximum absolute atomic E-state index is 13.2. The summed E-state index contributed by atoms with van der Waals surface area (Å²) in [5.41, 5.74) is 2.60. The van der Waals surface area contributed by atoms with Crippen molar-refractivity contribution in [1.29, 1.82) is 0 Å². The predicted molar refractivity (Wildman–Crippen MR) is 106 cm³/mol. The SMILES string of the molecule is Cc1cc(C)c2c(NC(=O)C3CCCC3)c(C(=O)N3CCOCC3)sc2n1. The van der Waals surface area contributed by atoms with Gasteiger partial charge in [-0.3, -0.25) is 9.59 Å². The lowest BCUT2D eigenvalue weighted by molar-refractivity contribution is -0.119. The molecule has 1 aliphatic carbocycles. The van der Waals surface area contributed by atoms with Crippen LogP contribution in [0.15, 0.2) is 6.07 Å². The van der Waals surface area contributed by atoms with E-state index in [1.807, 2.05) is 24.8 Å². The Morgan fingerprint density at radius 1 is 1.22 bits per heavy atom. The van der Waals surface area contributed by atoms with Gasteiger partial charge >= 0.3 is 0 Å². The average molecular weight is 388 g/mol. The molecule has 2 aromatic heterocycles. The quantitative estimate of drug-likeness (QED) is 0.875. The molecule has 4 rings (SSSR count). The second-order valence-electron chi connectivity index (χ2n) is 7.44. The van der Waals surface area contributed by atoms with Gasteiger partial charge in [-0.25, -0.2) is 4.98 Å². The number of nitrogens with one attached hydrogen (secondary N) is 1. The highest BCUT2D eigenvalue weighted by atomic mass is 32.1. The Morgan fingerprint density at radius 3 is 2.63 bits per heavy atom. The van der Waals surface area contributed by atoms with E-state index in [2.05, 4.69) is 10.3 Å². The molecule has 1 aliphatic heterocycles. The van der Waals surface area contributed by atoms with Gasteiger partial charge in [-0.05, 0) is 38.3 Å². The molecule has 3 heterocycles. The summed E-state index contributed by atoms with van der Waals surface area (Å²) >= 11 is 1.38. The van der Waals surface area contributed by atoms with E-state index in [4.69, 9.17) is 4.74 Å². The summed E-state index contributed by atoms with van der Waals surface area (Å²) in [6.45, 7) is 6.22. The first-order valence-corrected chi connectivity index (χ1v) is 10.4. The molecule has 144 valence electrons. The summed E-state index contributed by atoms with van der Waals surface area (Å²) in [7, 11) is 0. The largest absolute Gasteiger partial charge is 0.378 e. The van der Waals surface area contributed by atoms with E-state index >= 15 is 0 Å². The van der Waals surface area contributed by atoms with E-state index in [1.54, 1.807) is 0 Å². The maximum Gasteiger partial charge on any atom is 0.266 e. The molecule has 0 bridgehead atoms. The Morgan fingerprint density at radius 2 is 1.93 bits per heavy atom. The van der Waals surface area contributed by atoms with Gasteiger partial charge < -0.3 is 15.0 Å². The van der Waals surface area contributed by atoms with Crippen LogP contribution in [0.3, 0.4) is 0 Å². The maximum atomic E-state index is 13.2. The average Bonchev–Trinajstić information content (AvgIpc) is 3.30. The highest BCUT2D eigenvalue weighted by Gasteiger charge is 2.29. The Kier molecular flexibility index (Phi) is 5.14. The second kappa shape index (κ2) is 7.56. The number of aryl methyl sites for hydroxylation is 2. The van der Waals surface area contributed by atoms with Crippen molar-refractivity contribution in [2.24, 2.45) is 5.92 Å². The van der Waals surface area contributed by atoms with Gasteiger partial charge in [0.25, 0.3) is 5.91 Å². The first-order valence-electron chi connectivity index (χ1n) is 9.63. The van der Waals surface area contributed by atoms with Crippen molar-refractivity contribution < 1.29 is 14.3 Å². The number of amides is 2. The zero-order valence-electron chi connectivity index (χ0n) is 15.8. The summed E-state index contributed by atoms with van der Waals surface area (Å²) < 4.78 is 5.37. The van der Waals surface area contributed by atoms with E-state index < -0.39 is 0 Å². The molecule has 2 aromatic rings. The number of morpholine rings is 1. The minimum absolute atomic E-state index is 0.0307. The summed E-state index contributed by atoms with van der Waals surface area (Å²) in [6.07, 6.45) is 4.05. The number of carbonyl (C=O) groups is 2. The van der Waals surface area contributed by atoms with Crippen LogP contribution in [0.25, 0.3) is 10.2 Å². The van der Waals surface area contributed by atoms with Crippen molar-refractivity contribution in [2.45, 2.75) is 39.5 Å². The molecule has 0 spiro atoms. The number of carbonyl (C=O) groups excluding carboxylic acids is 2. The zero-order chi connectivity index (χ0) is 19.0. The number of anilines is 1. The van der Waals surface area contributed by atoms with E-state index in [0.717, 1.165) is 47.2 Å². The Balaban J connectivity index is 1.75. The van der Waals surface area contributed by atoms with E-state index in [-0.39, 0.29) is 17.7 Å². The fourth-order valence-electron chi connectivity index (χ4n) is 4.03. The third-order valence-electron chi connectivity index (χ3n) is 5.45. The van der Waals surface area contributed by atoms with Gasteiger partial charge in [-0.2, -0.15) is 0 Å². The number of rotatable bonds is 3. The van der Waals surface area contributed by atoms with E-state index in [0.29, 0.717) is 36.9 Å². The lowest BCUT2D eigenvalue weighted by Crippen LogP contribution is -2.40. The number of aromatic nitrogens is 1. The van der Waals surface area contributed by atoms with Gasteiger partial charge in [0.05, 0.1) is 18.9 Å². The van der Waals surface area contributed by atoms with Crippen LogP contribution in [0.1, 0.15) is 46.6 Å². The number of fused-ring (bicyclic) bond motifs is 1. The van der Waals surface area contributed by atoms with Crippen molar-refractivity contribution in [2.75, 3.05) is 31.6 Å². The van der Waals surface area contributed by atoms with Crippen molar-refractivity contribution in [3.63, 3.8) is 0 Å². The minimum Gasteiger partial charge on any atom is -0.378 e. The van der Waals surface area contributed by atoms with Crippen LogP contribution in [-0.4, -0.2) is 48.0 Å². The molecular weight excluding hydrogens is 362 g/mol. The van der Waals surface area contributed by atoms with Gasteiger partial charge in [0, 0.05) is 30.1 Å². The lowest BCUT2D eigenvalue weighted by Gasteiger charge is -2.26. The molecule has 2 amide bonds. The molecule has 0 radical (unpaired) electrons. The first-order chi connectivity index (χ1) is 13.0. The van der Waals surface area contributed by atoms with Gasteiger partial charge in [0.1, 0.15) is 9.71 Å². The van der Waals surface area contributed by atoms with Gasteiger partial charge in [0.2, 0.25) is 5.91 Å². The summed E-state index contributed by atoms with van der Waals surface area (Å²) in [5.74, 6) is 0.0354. The standard InChI is InChI=1S/C20H25N3O3S/c1-12-11-13(2)21-19-15(12)16(22-18(24)14-5-3-4-6-14)17(27-19)20(25)23-7-9-26-10-8-23/h11,14H,3-10H2,1-2H3,(H,22,24). The van der Waals surface area contributed by atoms with Gasteiger partial charge in [0.15, 0.2) is 0 Å². The molecule has 0 atom stereocenters. The number of hydrogen-bond acceptors (Lipinski definition) is 5. The third-order valence-corrected chi connectivity index (χ3v) is 6.53. The van der Waals surface area contributed by atoms with Crippen LogP contribution in [0.4, 0.5) is 5.69 Å². The van der Waals surface area contributed by atoms with Crippen molar-refractivity contribution in [3.8, 4) is 0 Å². The molecular formula is C20H25N3O3S. The highest BCUT2D eigenvalue weighted by Crippen LogP contribution is 2.39. The van der Waals surface area contributed by atoms with Crippen LogP contribution in [0, 0.1) is 19.8 Å². The summed E-state index contributed by atoms with van der Waals surface area (Å²) in [5, 5.41) is 4.01. The zero-order valence-corrected chi connectivity index (χ0v) is 16.7. The van der Waals surface area contributed by atoms with Crippen LogP contribution >= 0.6 is 11.3 Å². The van der Waals surface area contributed by atoms with E-state index in [1.165, 1.54) is 11.3 Å². The fourth-order valence-corrected chi connectivity index (χ4v) is 5.25. The Bertz CT molecular complexity index is 880. The Labute approximate surface area is 162 Å². The number of ether oxygens (including phenoxy) is 1. The third kappa shape index (κ3) is 3.58. The Hall–Kier alpha value is -1.99.